The van der Waals surface area contributed by atoms with Crippen molar-refractivity contribution in [3.8, 4) is 11.5 Å². The number of alkyl halides is 1. The van der Waals surface area contributed by atoms with Crippen molar-refractivity contribution < 1.29 is 14.6 Å². The van der Waals surface area contributed by atoms with E-state index < -0.39 is 0 Å². The number of carbonyl (C=O) groups excluding carboxylic acids is 1. The summed E-state index contributed by atoms with van der Waals surface area (Å²) in [5, 5.41) is 12.8. The van der Waals surface area contributed by atoms with E-state index in [2.05, 4.69) is 21.2 Å². The van der Waals surface area contributed by atoms with Crippen LogP contribution in [0.25, 0.3) is 0 Å². The van der Waals surface area contributed by atoms with Gasteiger partial charge >= 0.3 is 0 Å². The Kier molecular flexibility index (Phi) is 5.22. The molecule has 0 spiro atoms. The molecule has 0 radical (unpaired) electrons. The van der Waals surface area contributed by atoms with Crippen molar-refractivity contribution in [2.75, 3.05) is 11.9 Å². The number of phenols is 1. The molecule has 0 atom stereocenters. The molecule has 0 saturated heterocycles. The van der Waals surface area contributed by atoms with Crippen LogP contribution in [0.3, 0.4) is 0 Å². The van der Waals surface area contributed by atoms with E-state index in [1.165, 1.54) is 12.1 Å². The molecule has 0 fully saturated rings. The van der Waals surface area contributed by atoms with Crippen LogP contribution in [0.1, 0.15) is 22.8 Å². The predicted molar refractivity (Wildman–Crippen MR) is 86.3 cm³/mol. The Labute approximate surface area is 131 Å². The lowest BCUT2D eigenvalue weighted by Gasteiger charge is -2.11. The van der Waals surface area contributed by atoms with Crippen molar-refractivity contribution in [1.29, 1.82) is 0 Å². The van der Waals surface area contributed by atoms with Gasteiger partial charge in [0.05, 0.1) is 6.61 Å². The summed E-state index contributed by atoms with van der Waals surface area (Å²) in [4.78, 5) is 12.1. The molecule has 0 aliphatic rings. The van der Waals surface area contributed by atoms with Gasteiger partial charge in [0.25, 0.3) is 5.91 Å². The minimum atomic E-state index is -0.268. The number of ether oxygens (including phenoxy) is 1. The van der Waals surface area contributed by atoms with Gasteiger partial charge in [0.1, 0.15) is 11.5 Å². The Morgan fingerprint density at radius 1 is 1.29 bits per heavy atom. The normalized spacial score (nSPS) is 10.2. The lowest BCUT2D eigenvalue weighted by Crippen LogP contribution is -2.12. The van der Waals surface area contributed by atoms with Gasteiger partial charge in [-0.1, -0.05) is 22.0 Å². The van der Waals surface area contributed by atoms with Crippen molar-refractivity contribution in [2.24, 2.45) is 0 Å². The average molecular weight is 350 g/mol. The second-order valence-electron chi connectivity index (χ2n) is 4.39. The smallest absolute Gasteiger partial charge is 0.255 e. The Hall–Kier alpha value is -2.01. The van der Waals surface area contributed by atoms with Crippen LogP contribution in [0.5, 0.6) is 11.5 Å². The van der Waals surface area contributed by atoms with Crippen molar-refractivity contribution >= 4 is 27.5 Å². The molecule has 2 aromatic carbocycles. The third kappa shape index (κ3) is 3.98. The van der Waals surface area contributed by atoms with Gasteiger partial charge in [-0.15, -0.1) is 0 Å². The maximum atomic E-state index is 12.1. The fourth-order valence-corrected chi connectivity index (χ4v) is 2.35. The molecule has 0 aromatic heterocycles. The molecule has 0 aliphatic carbocycles. The van der Waals surface area contributed by atoms with Gasteiger partial charge in [0.2, 0.25) is 0 Å². The van der Waals surface area contributed by atoms with Crippen molar-refractivity contribution in [2.45, 2.75) is 12.3 Å². The summed E-state index contributed by atoms with van der Waals surface area (Å²) in [5.41, 5.74) is 2.05. The van der Waals surface area contributed by atoms with Crippen molar-refractivity contribution in [1.82, 2.24) is 0 Å². The molecule has 0 unspecified atom stereocenters. The molecule has 2 aromatic rings. The molecule has 5 heteroatoms. The Balaban J connectivity index is 2.17. The van der Waals surface area contributed by atoms with Crippen LogP contribution < -0.4 is 10.1 Å². The zero-order chi connectivity index (χ0) is 15.2. The highest BCUT2D eigenvalue weighted by atomic mass is 79.9. The number of anilines is 1. The highest BCUT2D eigenvalue weighted by Gasteiger charge is 2.09. The van der Waals surface area contributed by atoms with Crippen LogP contribution in [0.15, 0.2) is 42.5 Å². The zero-order valence-corrected chi connectivity index (χ0v) is 13.2. The van der Waals surface area contributed by atoms with Crippen molar-refractivity contribution in [3.63, 3.8) is 0 Å². The largest absolute Gasteiger partial charge is 0.508 e. The second-order valence-corrected chi connectivity index (χ2v) is 4.95. The summed E-state index contributed by atoms with van der Waals surface area (Å²) >= 11 is 3.41. The van der Waals surface area contributed by atoms with Gasteiger partial charge in [0, 0.05) is 22.1 Å². The number of aromatic hydroxyl groups is 1. The molecule has 2 N–H and O–H groups in total. The van der Waals surface area contributed by atoms with E-state index >= 15 is 0 Å². The summed E-state index contributed by atoms with van der Waals surface area (Å²) in [6.45, 7) is 2.52. The molecule has 0 heterocycles. The lowest BCUT2D eigenvalue weighted by molar-refractivity contribution is 0.102. The number of benzene rings is 2. The van der Waals surface area contributed by atoms with E-state index in [0.717, 1.165) is 11.3 Å². The summed E-state index contributed by atoms with van der Waals surface area (Å²) in [6, 6.07) is 11.7. The number of hydrogen-bond acceptors (Lipinski definition) is 3. The van der Waals surface area contributed by atoms with E-state index in [-0.39, 0.29) is 11.7 Å². The Morgan fingerprint density at radius 3 is 2.76 bits per heavy atom. The third-order valence-corrected chi connectivity index (χ3v) is 3.47. The second kappa shape index (κ2) is 7.13. The first-order chi connectivity index (χ1) is 10.1. The summed E-state index contributed by atoms with van der Waals surface area (Å²) in [6.07, 6.45) is 0. The molecule has 110 valence electrons. The monoisotopic (exact) mass is 349 g/mol. The van der Waals surface area contributed by atoms with Crippen LogP contribution in [-0.4, -0.2) is 17.6 Å². The van der Waals surface area contributed by atoms with Crippen LogP contribution in [0, 0.1) is 0 Å². The fourth-order valence-electron chi connectivity index (χ4n) is 1.91. The minimum Gasteiger partial charge on any atom is -0.508 e. The molecule has 0 saturated carbocycles. The van der Waals surface area contributed by atoms with Crippen LogP contribution in [0.2, 0.25) is 0 Å². The quantitative estimate of drug-likeness (QED) is 0.803. The maximum Gasteiger partial charge on any atom is 0.255 e. The number of phenolic OH excluding ortho intramolecular Hbond substituents is 1. The van der Waals surface area contributed by atoms with Gasteiger partial charge in [-0.3, -0.25) is 4.79 Å². The zero-order valence-electron chi connectivity index (χ0n) is 11.6. The molecule has 2 rings (SSSR count). The third-order valence-electron chi connectivity index (χ3n) is 2.87. The van der Waals surface area contributed by atoms with E-state index in [1.54, 1.807) is 18.2 Å². The van der Waals surface area contributed by atoms with Gasteiger partial charge in [-0.05, 0) is 43.3 Å². The highest BCUT2D eigenvalue weighted by molar-refractivity contribution is 9.08. The van der Waals surface area contributed by atoms with E-state index in [1.807, 2.05) is 19.1 Å². The average Bonchev–Trinajstić information content (AvgIpc) is 2.49. The number of carbonyl (C=O) groups is 1. The number of amides is 1. The summed E-state index contributed by atoms with van der Waals surface area (Å²) < 4.78 is 5.51. The number of rotatable bonds is 5. The summed E-state index contributed by atoms with van der Waals surface area (Å²) in [5.74, 6) is 0.593. The molecule has 1 amide bonds. The SMILES string of the molecule is CCOc1ccc(NC(=O)c2cccc(O)c2)cc1CBr. The predicted octanol–water partition coefficient (Wildman–Crippen LogP) is 3.94. The topological polar surface area (TPSA) is 58.6 Å². The van der Waals surface area contributed by atoms with Crippen LogP contribution in [-0.2, 0) is 5.33 Å². The van der Waals surface area contributed by atoms with Crippen molar-refractivity contribution in [3.05, 3.63) is 53.6 Å². The summed E-state index contributed by atoms with van der Waals surface area (Å²) in [7, 11) is 0. The Bertz CT molecular complexity index is 643. The highest BCUT2D eigenvalue weighted by Crippen LogP contribution is 2.25. The van der Waals surface area contributed by atoms with Gasteiger partial charge < -0.3 is 15.2 Å². The molecule has 4 nitrogen and oxygen atoms in total. The van der Waals surface area contributed by atoms with Crippen LogP contribution in [0.4, 0.5) is 5.69 Å². The van der Waals surface area contributed by atoms with Gasteiger partial charge in [-0.25, -0.2) is 0 Å². The van der Waals surface area contributed by atoms with E-state index in [4.69, 9.17) is 4.74 Å². The van der Waals surface area contributed by atoms with E-state index in [9.17, 15) is 9.90 Å². The molecular weight excluding hydrogens is 334 g/mol. The lowest BCUT2D eigenvalue weighted by atomic mass is 10.1. The van der Waals surface area contributed by atoms with Crippen LogP contribution >= 0.6 is 15.9 Å². The number of hydrogen-bond donors (Lipinski definition) is 2. The standard InChI is InChI=1S/C16H16BrNO3/c1-2-21-15-7-6-13(8-12(15)10-17)18-16(20)11-4-3-5-14(19)9-11/h3-9,19H,2,10H2,1H3,(H,18,20). The van der Waals surface area contributed by atoms with E-state index in [0.29, 0.717) is 23.2 Å². The first-order valence-electron chi connectivity index (χ1n) is 6.56. The molecule has 21 heavy (non-hydrogen) atoms. The molecular formula is C16H16BrNO3. The number of nitrogens with one attached hydrogen (secondary N) is 1. The first kappa shape index (κ1) is 15.4. The maximum absolute atomic E-state index is 12.1. The minimum absolute atomic E-state index is 0.0653. The molecule has 0 aliphatic heterocycles. The van der Waals surface area contributed by atoms with Gasteiger partial charge in [0.15, 0.2) is 0 Å². The number of halogens is 1. The molecule has 0 bridgehead atoms. The first-order valence-corrected chi connectivity index (χ1v) is 7.68. The Morgan fingerprint density at radius 2 is 2.10 bits per heavy atom. The van der Waals surface area contributed by atoms with Gasteiger partial charge in [-0.2, -0.15) is 0 Å². The fraction of sp³-hybridized carbons (Fsp3) is 0.188.